The van der Waals surface area contributed by atoms with E-state index in [4.69, 9.17) is 9.47 Å². The number of hydrogen-bond donors (Lipinski definition) is 1. The fourth-order valence-electron chi connectivity index (χ4n) is 5.15. The predicted octanol–water partition coefficient (Wildman–Crippen LogP) is 4.95. The molecular formula is C30H38N2O5. The highest BCUT2D eigenvalue weighted by molar-refractivity contribution is 6.46. The predicted molar refractivity (Wildman–Crippen MR) is 144 cm³/mol. The van der Waals surface area contributed by atoms with Gasteiger partial charge in [-0.3, -0.25) is 9.59 Å². The molecule has 2 aromatic rings. The molecule has 0 unspecified atom stereocenters. The molecule has 2 aliphatic rings. The average Bonchev–Trinajstić information content (AvgIpc) is 3.40. The van der Waals surface area contributed by atoms with E-state index >= 15 is 0 Å². The van der Waals surface area contributed by atoms with Gasteiger partial charge in [-0.25, -0.2) is 0 Å². The van der Waals surface area contributed by atoms with E-state index in [1.807, 2.05) is 50.2 Å². The van der Waals surface area contributed by atoms with E-state index in [0.29, 0.717) is 18.7 Å². The molecule has 1 saturated heterocycles. The first-order valence-electron chi connectivity index (χ1n) is 13.4. The third kappa shape index (κ3) is 5.67. The molecule has 0 aromatic heterocycles. The Morgan fingerprint density at radius 1 is 1.11 bits per heavy atom. The summed E-state index contributed by atoms with van der Waals surface area (Å²) in [6.07, 6.45) is 2.44. The number of likely N-dealkylation sites (tertiary alicyclic amines) is 1. The van der Waals surface area contributed by atoms with Crippen LogP contribution in [0.2, 0.25) is 0 Å². The largest absolute Gasteiger partial charge is 0.507 e. The van der Waals surface area contributed by atoms with Gasteiger partial charge in [0.2, 0.25) is 0 Å². The minimum absolute atomic E-state index is 0.0669. The molecule has 1 fully saturated rings. The van der Waals surface area contributed by atoms with Gasteiger partial charge in [0.05, 0.1) is 18.2 Å². The lowest BCUT2D eigenvalue weighted by atomic mass is 9.94. The number of amides is 1. The van der Waals surface area contributed by atoms with Crippen LogP contribution in [0.15, 0.2) is 48.0 Å². The number of rotatable bonds is 11. The first-order valence-corrected chi connectivity index (χ1v) is 13.4. The van der Waals surface area contributed by atoms with Crippen LogP contribution in [0, 0.1) is 0 Å². The summed E-state index contributed by atoms with van der Waals surface area (Å²) in [7, 11) is 0. The van der Waals surface area contributed by atoms with E-state index < -0.39 is 17.7 Å². The van der Waals surface area contributed by atoms with Crippen molar-refractivity contribution in [2.75, 3.05) is 32.8 Å². The fourth-order valence-corrected chi connectivity index (χ4v) is 5.15. The maximum Gasteiger partial charge on any atom is 0.295 e. The Morgan fingerprint density at radius 2 is 1.84 bits per heavy atom. The number of benzene rings is 2. The SMILES string of the molecule is CCCOc1ccc([C@H]2C(=C(O)c3ccc4c(c3)C[C@@H](C)O4)C(=O)C(=O)N2CCCN(CC)CC)cc1. The van der Waals surface area contributed by atoms with Crippen LogP contribution in [0.4, 0.5) is 0 Å². The molecule has 0 radical (unpaired) electrons. The van der Waals surface area contributed by atoms with E-state index in [1.165, 1.54) is 0 Å². The van der Waals surface area contributed by atoms with Crippen molar-refractivity contribution in [1.29, 1.82) is 0 Å². The van der Waals surface area contributed by atoms with Crippen molar-refractivity contribution < 1.29 is 24.2 Å². The average molecular weight is 507 g/mol. The molecule has 2 aliphatic heterocycles. The second-order valence-electron chi connectivity index (χ2n) is 9.75. The number of aliphatic hydroxyl groups is 1. The maximum atomic E-state index is 13.3. The lowest BCUT2D eigenvalue weighted by molar-refractivity contribution is -0.140. The van der Waals surface area contributed by atoms with Gasteiger partial charge in [0.15, 0.2) is 0 Å². The number of aliphatic hydroxyl groups excluding tert-OH is 1. The molecule has 4 rings (SSSR count). The molecule has 2 atom stereocenters. The maximum absolute atomic E-state index is 13.3. The second-order valence-corrected chi connectivity index (χ2v) is 9.75. The number of carbonyl (C=O) groups excluding carboxylic acids is 2. The quantitative estimate of drug-likeness (QED) is 0.264. The molecule has 0 spiro atoms. The van der Waals surface area contributed by atoms with Crippen molar-refractivity contribution in [3.63, 3.8) is 0 Å². The van der Waals surface area contributed by atoms with Gasteiger partial charge in [-0.2, -0.15) is 0 Å². The Balaban J connectivity index is 1.71. The van der Waals surface area contributed by atoms with Crippen LogP contribution in [0.5, 0.6) is 11.5 Å². The molecule has 7 heteroatoms. The fraction of sp³-hybridized carbons (Fsp3) is 0.467. The van der Waals surface area contributed by atoms with Gasteiger partial charge in [0.25, 0.3) is 11.7 Å². The van der Waals surface area contributed by atoms with Crippen molar-refractivity contribution in [1.82, 2.24) is 9.80 Å². The van der Waals surface area contributed by atoms with Gasteiger partial charge < -0.3 is 24.4 Å². The number of nitrogens with zero attached hydrogens (tertiary/aromatic N) is 2. The van der Waals surface area contributed by atoms with E-state index in [2.05, 4.69) is 18.7 Å². The molecular weight excluding hydrogens is 468 g/mol. The Bertz CT molecular complexity index is 1150. The number of carbonyl (C=O) groups is 2. The summed E-state index contributed by atoms with van der Waals surface area (Å²) < 4.78 is 11.5. The minimum Gasteiger partial charge on any atom is -0.507 e. The Kier molecular flexibility index (Phi) is 8.54. The topological polar surface area (TPSA) is 79.3 Å². The molecule has 198 valence electrons. The second kappa shape index (κ2) is 11.8. The van der Waals surface area contributed by atoms with Gasteiger partial charge >= 0.3 is 0 Å². The van der Waals surface area contributed by atoms with Crippen molar-refractivity contribution in [3.8, 4) is 11.5 Å². The molecule has 1 amide bonds. The number of ether oxygens (including phenoxy) is 2. The molecule has 7 nitrogen and oxygen atoms in total. The van der Waals surface area contributed by atoms with Gasteiger partial charge in [-0.15, -0.1) is 0 Å². The molecule has 0 bridgehead atoms. The number of ketones is 1. The monoisotopic (exact) mass is 506 g/mol. The molecule has 2 heterocycles. The van der Waals surface area contributed by atoms with E-state index in [1.54, 1.807) is 11.0 Å². The highest BCUT2D eigenvalue weighted by Crippen LogP contribution is 2.41. The molecule has 1 N–H and O–H groups in total. The summed E-state index contributed by atoms with van der Waals surface area (Å²) in [5.41, 5.74) is 2.40. The lowest BCUT2D eigenvalue weighted by Gasteiger charge is -2.27. The van der Waals surface area contributed by atoms with Crippen LogP contribution in [-0.2, 0) is 16.0 Å². The lowest BCUT2D eigenvalue weighted by Crippen LogP contribution is -2.33. The Labute approximate surface area is 219 Å². The van der Waals surface area contributed by atoms with E-state index in [0.717, 1.165) is 61.5 Å². The third-order valence-corrected chi connectivity index (χ3v) is 7.15. The van der Waals surface area contributed by atoms with Crippen molar-refractivity contribution in [2.45, 2.75) is 59.1 Å². The zero-order valence-electron chi connectivity index (χ0n) is 22.3. The van der Waals surface area contributed by atoms with E-state index in [9.17, 15) is 14.7 Å². The van der Waals surface area contributed by atoms with Crippen LogP contribution in [0.1, 0.15) is 63.3 Å². The third-order valence-electron chi connectivity index (χ3n) is 7.15. The zero-order chi connectivity index (χ0) is 26.5. The highest BCUT2D eigenvalue weighted by atomic mass is 16.5. The number of hydrogen-bond acceptors (Lipinski definition) is 6. The van der Waals surface area contributed by atoms with Crippen LogP contribution >= 0.6 is 0 Å². The van der Waals surface area contributed by atoms with Gasteiger partial charge in [-0.1, -0.05) is 32.9 Å². The minimum atomic E-state index is -0.666. The summed E-state index contributed by atoms with van der Waals surface area (Å²) in [5.74, 6) is 0.150. The summed E-state index contributed by atoms with van der Waals surface area (Å²) in [6, 6.07) is 12.2. The first-order chi connectivity index (χ1) is 17.9. The van der Waals surface area contributed by atoms with E-state index in [-0.39, 0.29) is 17.4 Å². The van der Waals surface area contributed by atoms with Crippen LogP contribution in [0.3, 0.4) is 0 Å². The Hall–Kier alpha value is -3.32. The van der Waals surface area contributed by atoms with Crippen LogP contribution in [-0.4, -0.2) is 65.5 Å². The van der Waals surface area contributed by atoms with Crippen LogP contribution < -0.4 is 9.47 Å². The summed E-state index contributed by atoms with van der Waals surface area (Å²) >= 11 is 0. The molecule has 2 aromatic carbocycles. The highest BCUT2D eigenvalue weighted by Gasteiger charge is 2.46. The van der Waals surface area contributed by atoms with Crippen molar-refractivity contribution in [3.05, 3.63) is 64.7 Å². The summed E-state index contributed by atoms with van der Waals surface area (Å²) in [5, 5.41) is 11.4. The summed E-state index contributed by atoms with van der Waals surface area (Å²) in [6.45, 7) is 12.0. The zero-order valence-corrected chi connectivity index (χ0v) is 22.3. The van der Waals surface area contributed by atoms with Crippen molar-refractivity contribution in [2.24, 2.45) is 0 Å². The Morgan fingerprint density at radius 3 is 2.51 bits per heavy atom. The van der Waals surface area contributed by atoms with Crippen LogP contribution in [0.25, 0.3) is 5.76 Å². The summed E-state index contributed by atoms with van der Waals surface area (Å²) in [4.78, 5) is 30.5. The number of fused-ring (bicyclic) bond motifs is 1. The smallest absolute Gasteiger partial charge is 0.295 e. The molecule has 0 aliphatic carbocycles. The first kappa shape index (κ1) is 26.7. The van der Waals surface area contributed by atoms with Gasteiger partial charge in [0.1, 0.15) is 23.4 Å². The normalized spacial score (nSPS) is 20.4. The molecule has 37 heavy (non-hydrogen) atoms. The number of Topliss-reactive ketones (excluding diaryl/α,β-unsaturated/α-hetero) is 1. The van der Waals surface area contributed by atoms with Crippen molar-refractivity contribution >= 4 is 17.4 Å². The standard InChI is InChI=1S/C30H38N2O5/c1-5-17-36-24-12-9-21(10-13-24)27-26(28(33)22-11-14-25-23(19-22)18-20(4)37-25)29(34)30(35)32(27)16-8-15-31(6-2)7-3/h9-14,19-20,27,33H,5-8,15-18H2,1-4H3/t20-,27+/m1/s1. The van der Waals surface area contributed by atoms with Gasteiger partial charge in [0, 0.05) is 18.5 Å². The van der Waals surface area contributed by atoms with Gasteiger partial charge in [-0.05, 0) is 80.9 Å². The molecule has 0 saturated carbocycles.